The minimum Gasteiger partial charge on any atom is -0.484 e. The number of benzene rings is 2. The first-order chi connectivity index (χ1) is 13.6. The van der Waals surface area contributed by atoms with E-state index in [1.165, 1.54) is 35.6 Å². The van der Waals surface area contributed by atoms with Crippen LogP contribution in [-0.2, 0) is 4.79 Å². The first-order valence-electron chi connectivity index (χ1n) is 8.59. The van der Waals surface area contributed by atoms with Crippen molar-refractivity contribution >= 4 is 33.3 Å². The molecule has 140 valence electrons. The van der Waals surface area contributed by atoms with Crippen LogP contribution >= 0.6 is 11.3 Å². The van der Waals surface area contributed by atoms with Gasteiger partial charge in [0.15, 0.2) is 6.61 Å². The molecule has 2 aromatic carbocycles. The van der Waals surface area contributed by atoms with Gasteiger partial charge in [-0.1, -0.05) is 11.3 Å². The second-order valence-electron chi connectivity index (χ2n) is 6.17. The van der Waals surface area contributed by atoms with E-state index in [0.717, 1.165) is 26.5 Å². The minimum absolute atomic E-state index is 0.156. The number of pyridine rings is 1. The zero-order valence-electron chi connectivity index (χ0n) is 15.0. The molecule has 1 amide bonds. The van der Waals surface area contributed by atoms with E-state index in [1.807, 2.05) is 37.3 Å². The molecule has 0 radical (unpaired) electrons. The lowest BCUT2D eigenvalue weighted by Gasteiger charge is -2.10. The van der Waals surface area contributed by atoms with Crippen molar-refractivity contribution in [2.24, 2.45) is 0 Å². The highest BCUT2D eigenvalue weighted by Gasteiger charge is 2.10. The van der Waals surface area contributed by atoms with Crippen LogP contribution in [0.4, 0.5) is 10.1 Å². The Hall–Kier alpha value is -3.32. The molecule has 0 atom stereocenters. The van der Waals surface area contributed by atoms with Crippen LogP contribution < -0.4 is 10.1 Å². The SMILES string of the molecule is Cc1cc(-c2nc3cccnc3s2)ccc1NC(=O)COc1ccc(F)cc1. The molecule has 0 fully saturated rings. The van der Waals surface area contributed by atoms with Crippen LogP contribution in [0.3, 0.4) is 0 Å². The summed E-state index contributed by atoms with van der Waals surface area (Å²) in [5.74, 6) is -0.200. The van der Waals surface area contributed by atoms with Crippen LogP contribution in [0.2, 0.25) is 0 Å². The Morgan fingerprint density at radius 2 is 2.00 bits per heavy atom. The van der Waals surface area contributed by atoms with Gasteiger partial charge in [-0.2, -0.15) is 0 Å². The number of nitrogens with one attached hydrogen (secondary N) is 1. The second kappa shape index (κ2) is 7.74. The number of aromatic nitrogens is 2. The maximum Gasteiger partial charge on any atom is 0.262 e. The second-order valence-corrected chi connectivity index (χ2v) is 7.14. The molecule has 4 rings (SSSR count). The fraction of sp³-hybridized carbons (Fsp3) is 0.0952. The Bertz CT molecular complexity index is 1110. The molecule has 28 heavy (non-hydrogen) atoms. The average molecular weight is 393 g/mol. The lowest BCUT2D eigenvalue weighted by atomic mass is 10.1. The number of rotatable bonds is 5. The van der Waals surface area contributed by atoms with E-state index in [-0.39, 0.29) is 18.3 Å². The molecule has 5 nitrogen and oxygen atoms in total. The van der Waals surface area contributed by atoms with E-state index in [2.05, 4.69) is 15.3 Å². The minimum atomic E-state index is -0.351. The Balaban J connectivity index is 1.43. The van der Waals surface area contributed by atoms with E-state index in [1.54, 1.807) is 6.20 Å². The van der Waals surface area contributed by atoms with Gasteiger partial charge in [0.2, 0.25) is 0 Å². The monoisotopic (exact) mass is 393 g/mol. The van der Waals surface area contributed by atoms with Gasteiger partial charge in [0, 0.05) is 17.4 Å². The number of anilines is 1. The van der Waals surface area contributed by atoms with Crippen molar-refractivity contribution in [3.63, 3.8) is 0 Å². The highest BCUT2D eigenvalue weighted by molar-refractivity contribution is 7.21. The molecule has 7 heteroatoms. The molecule has 0 spiro atoms. The summed E-state index contributed by atoms with van der Waals surface area (Å²) in [6.45, 7) is 1.77. The highest BCUT2D eigenvalue weighted by atomic mass is 32.1. The molecule has 0 bridgehead atoms. The first-order valence-corrected chi connectivity index (χ1v) is 9.41. The lowest BCUT2D eigenvalue weighted by Crippen LogP contribution is -2.20. The summed E-state index contributed by atoms with van der Waals surface area (Å²) in [4.78, 5) is 22.0. The summed E-state index contributed by atoms with van der Waals surface area (Å²) in [5.41, 5.74) is 3.46. The van der Waals surface area contributed by atoms with Gasteiger partial charge >= 0.3 is 0 Å². The summed E-state index contributed by atoms with van der Waals surface area (Å²) in [6, 6.07) is 15.1. The summed E-state index contributed by atoms with van der Waals surface area (Å²) < 4.78 is 18.3. The maximum atomic E-state index is 12.9. The molecule has 0 saturated carbocycles. The largest absolute Gasteiger partial charge is 0.484 e. The number of thiazole rings is 1. The van der Waals surface area contributed by atoms with Gasteiger partial charge in [-0.15, -0.1) is 0 Å². The van der Waals surface area contributed by atoms with Crippen LogP contribution in [0.1, 0.15) is 5.56 Å². The van der Waals surface area contributed by atoms with Crippen LogP contribution in [0.15, 0.2) is 60.8 Å². The standard InChI is InChI=1S/C21H16FN3O2S/c1-13-11-14(20-25-18-3-2-10-23-21(18)28-20)4-9-17(13)24-19(26)12-27-16-7-5-15(22)6-8-16/h2-11H,12H2,1H3,(H,24,26). The zero-order chi connectivity index (χ0) is 19.5. The van der Waals surface area contributed by atoms with Crippen LogP contribution in [0.5, 0.6) is 5.75 Å². The molecule has 0 aliphatic rings. The van der Waals surface area contributed by atoms with Crippen molar-refractivity contribution in [1.82, 2.24) is 9.97 Å². The van der Waals surface area contributed by atoms with Gasteiger partial charge in [-0.05, 0) is 67.1 Å². The lowest BCUT2D eigenvalue weighted by molar-refractivity contribution is -0.118. The summed E-state index contributed by atoms with van der Waals surface area (Å²) in [7, 11) is 0. The van der Waals surface area contributed by atoms with E-state index < -0.39 is 0 Å². The Labute approximate surface area is 164 Å². The molecule has 1 N–H and O–H groups in total. The average Bonchev–Trinajstić information content (AvgIpc) is 3.13. The number of halogens is 1. The molecular formula is C21H16FN3O2S. The Morgan fingerprint density at radius 1 is 1.18 bits per heavy atom. The third-order valence-corrected chi connectivity index (χ3v) is 5.13. The van der Waals surface area contributed by atoms with Crippen LogP contribution in [-0.4, -0.2) is 22.5 Å². The van der Waals surface area contributed by atoms with Gasteiger partial charge in [-0.25, -0.2) is 14.4 Å². The van der Waals surface area contributed by atoms with Crippen molar-refractivity contribution in [3.05, 3.63) is 72.2 Å². The Kier molecular flexibility index (Phi) is 4.99. The predicted molar refractivity (Wildman–Crippen MR) is 108 cm³/mol. The molecule has 4 aromatic rings. The summed E-state index contributed by atoms with van der Waals surface area (Å²) >= 11 is 1.53. The molecule has 0 aliphatic heterocycles. The topological polar surface area (TPSA) is 64.1 Å². The smallest absolute Gasteiger partial charge is 0.262 e. The molecular weight excluding hydrogens is 377 g/mol. The number of hydrogen-bond donors (Lipinski definition) is 1. The van der Waals surface area contributed by atoms with Gasteiger partial charge in [0.1, 0.15) is 26.9 Å². The number of nitrogens with zero attached hydrogens (tertiary/aromatic N) is 2. The highest BCUT2D eigenvalue weighted by Crippen LogP contribution is 2.31. The van der Waals surface area contributed by atoms with E-state index >= 15 is 0 Å². The summed E-state index contributed by atoms with van der Waals surface area (Å²) in [5, 5.41) is 3.71. The third-order valence-electron chi connectivity index (χ3n) is 4.10. The quantitative estimate of drug-likeness (QED) is 0.528. The number of carbonyl (C=O) groups excluding carboxylic acids is 1. The molecule has 2 heterocycles. The van der Waals surface area contributed by atoms with Crippen molar-refractivity contribution < 1.29 is 13.9 Å². The zero-order valence-corrected chi connectivity index (χ0v) is 15.8. The number of aryl methyl sites for hydroxylation is 1. The maximum absolute atomic E-state index is 12.9. The van der Waals surface area contributed by atoms with Crippen molar-refractivity contribution in [2.75, 3.05) is 11.9 Å². The third kappa shape index (κ3) is 3.99. The van der Waals surface area contributed by atoms with E-state index in [9.17, 15) is 9.18 Å². The fourth-order valence-corrected chi connectivity index (χ4v) is 3.60. The van der Waals surface area contributed by atoms with Crippen LogP contribution in [0, 0.1) is 12.7 Å². The molecule has 0 unspecified atom stereocenters. The van der Waals surface area contributed by atoms with Gasteiger partial charge in [0.05, 0.1) is 0 Å². The Morgan fingerprint density at radius 3 is 2.75 bits per heavy atom. The summed E-state index contributed by atoms with van der Waals surface area (Å²) in [6.07, 6.45) is 1.75. The van der Waals surface area contributed by atoms with E-state index in [4.69, 9.17) is 4.74 Å². The number of carbonyl (C=O) groups is 1. The normalized spacial score (nSPS) is 10.8. The van der Waals surface area contributed by atoms with Gasteiger partial charge in [0.25, 0.3) is 5.91 Å². The molecule has 0 saturated heterocycles. The molecule has 2 aromatic heterocycles. The van der Waals surface area contributed by atoms with E-state index in [0.29, 0.717) is 11.4 Å². The predicted octanol–water partition coefficient (Wildman–Crippen LogP) is 4.82. The first kappa shape index (κ1) is 18.1. The van der Waals surface area contributed by atoms with Gasteiger partial charge in [-0.3, -0.25) is 4.79 Å². The van der Waals surface area contributed by atoms with Crippen molar-refractivity contribution in [1.29, 1.82) is 0 Å². The fourth-order valence-electron chi connectivity index (χ4n) is 2.70. The number of fused-ring (bicyclic) bond motifs is 1. The van der Waals surface area contributed by atoms with Crippen molar-refractivity contribution in [3.8, 4) is 16.3 Å². The molecule has 0 aliphatic carbocycles. The number of amides is 1. The van der Waals surface area contributed by atoms with Crippen LogP contribution in [0.25, 0.3) is 20.9 Å². The van der Waals surface area contributed by atoms with Gasteiger partial charge < -0.3 is 10.1 Å². The number of hydrogen-bond acceptors (Lipinski definition) is 5. The van der Waals surface area contributed by atoms with Crippen molar-refractivity contribution in [2.45, 2.75) is 6.92 Å². The number of ether oxygens (including phenoxy) is 1.